The fourth-order valence-electron chi connectivity index (χ4n) is 2.66. The third kappa shape index (κ3) is 2.35. The second-order valence-corrected chi connectivity index (χ2v) is 5.34. The molecule has 0 amide bonds. The summed E-state index contributed by atoms with van der Waals surface area (Å²) in [6, 6.07) is 5.65. The molecular formula is C17H19NO3. The molecule has 0 radical (unpaired) electrons. The lowest BCUT2D eigenvalue weighted by atomic mass is 9.99. The molecule has 1 aromatic carbocycles. The molecular weight excluding hydrogens is 266 g/mol. The van der Waals surface area contributed by atoms with Crippen molar-refractivity contribution in [2.24, 2.45) is 0 Å². The average molecular weight is 285 g/mol. The van der Waals surface area contributed by atoms with Crippen LogP contribution in [0.5, 0.6) is 11.5 Å². The van der Waals surface area contributed by atoms with Crippen molar-refractivity contribution in [2.75, 3.05) is 14.2 Å². The van der Waals surface area contributed by atoms with Crippen LogP contribution in [0.15, 0.2) is 18.2 Å². The lowest BCUT2D eigenvalue weighted by molar-refractivity contribution is 0.0986. The van der Waals surface area contributed by atoms with Gasteiger partial charge in [-0.05, 0) is 31.0 Å². The molecule has 3 rings (SSSR count). The minimum atomic E-state index is 0.0782. The van der Waals surface area contributed by atoms with Gasteiger partial charge in [0.05, 0.1) is 31.0 Å². The van der Waals surface area contributed by atoms with Gasteiger partial charge in [0.25, 0.3) is 0 Å². The van der Waals surface area contributed by atoms with Crippen LogP contribution in [0, 0.1) is 0 Å². The third-order valence-electron chi connectivity index (χ3n) is 3.94. The van der Waals surface area contributed by atoms with Crippen LogP contribution in [0.2, 0.25) is 0 Å². The van der Waals surface area contributed by atoms with E-state index in [0.717, 1.165) is 35.2 Å². The Kier molecular flexibility index (Phi) is 3.53. The zero-order valence-corrected chi connectivity index (χ0v) is 12.6. The van der Waals surface area contributed by atoms with E-state index in [9.17, 15) is 4.79 Å². The molecule has 0 atom stereocenters. The highest BCUT2D eigenvalue weighted by Gasteiger charge is 2.32. The molecule has 1 heterocycles. The summed E-state index contributed by atoms with van der Waals surface area (Å²) in [5.41, 5.74) is 2.40. The van der Waals surface area contributed by atoms with Gasteiger partial charge in [0.2, 0.25) is 0 Å². The van der Waals surface area contributed by atoms with E-state index in [1.54, 1.807) is 14.2 Å². The predicted octanol–water partition coefficient (Wildman–Crippen LogP) is 3.72. The van der Waals surface area contributed by atoms with Crippen LogP contribution in [0.1, 0.15) is 48.2 Å². The summed E-state index contributed by atoms with van der Waals surface area (Å²) in [5, 5.41) is 0.808. The Morgan fingerprint density at radius 2 is 2.05 bits per heavy atom. The number of ether oxygens (including phenoxy) is 2. The van der Waals surface area contributed by atoms with E-state index < -0.39 is 0 Å². The van der Waals surface area contributed by atoms with Crippen LogP contribution in [0.3, 0.4) is 0 Å². The van der Waals surface area contributed by atoms with Gasteiger partial charge in [-0.25, -0.2) is 4.98 Å². The molecule has 21 heavy (non-hydrogen) atoms. The second kappa shape index (κ2) is 5.35. The number of ketones is 1. The highest BCUT2D eigenvalue weighted by atomic mass is 16.5. The summed E-state index contributed by atoms with van der Waals surface area (Å²) < 4.78 is 10.8. The van der Waals surface area contributed by atoms with Crippen LogP contribution in [-0.2, 0) is 0 Å². The van der Waals surface area contributed by atoms with Gasteiger partial charge in [0, 0.05) is 17.7 Å². The fraction of sp³-hybridized carbons (Fsp3) is 0.412. The van der Waals surface area contributed by atoms with Crippen molar-refractivity contribution in [3.63, 3.8) is 0 Å². The minimum absolute atomic E-state index is 0.0782. The van der Waals surface area contributed by atoms with E-state index in [2.05, 4.69) is 0 Å². The summed E-state index contributed by atoms with van der Waals surface area (Å²) in [6.45, 7) is 1.87. The normalized spacial score (nSPS) is 14.2. The van der Waals surface area contributed by atoms with Crippen molar-refractivity contribution in [2.45, 2.75) is 32.1 Å². The van der Waals surface area contributed by atoms with Crippen molar-refractivity contribution in [1.29, 1.82) is 0 Å². The fourth-order valence-corrected chi connectivity index (χ4v) is 2.66. The molecule has 0 unspecified atom stereocenters. The van der Waals surface area contributed by atoms with Gasteiger partial charge in [0.1, 0.15) is 5.75 Å². The lowest BCUT2D eigenvalue weighted by Crippen LogP contribution is -2.07. The number of aromatic nitrogens is 1. The quantitative estimate of drug-likeness (QED) is 0.785. The number of nitrogens with zero attached hydrogens (tertiary/aromatic N) is 1. The average Bonchev–Trinajstić information content (AvgIpc) is 3.36. The largest absolute Gasteiger partial charge is 0.497 e. The van der Waals surface area contributed by atoms with Crippen molar-refractivity contribution in [3.05, 3.63) is 29.5 Å². The molecule has 110 valence electrons. The number of hydrogen-bond donors (Lipinski definition) is 0. The van der Waals surface area contributed by atoms with Gasteiger partial charge in [0.15, 0.2) is 11.5 Å². The van der Waals surface area contributed by atoms with Crippen LogP contribution >= 0.6 is 0 Å². The van der Waals surface area contributed by atoms with Gasteiger partial charge in [-0.2, -0.15) is 0 Å². The number of pyridine rings is 1. The number of hydrogen-bond acceptors (Lipinski definition) is 4. The van der Waals surface area contributed by atoms with E-state index in [1.807, 2.05) is 25.1 Å². The molecule has 1 aromatic heterocycles. The smallest absolute Gasteiger partial charge is 0.167 e. The summed E-state index contributed by atoms with van der Waals surface area (Å²) in [7, 11) is 3.23. The Morgan fingerprint density at radius 1 is 1.29 bits per heavy atom. The Balaban J connectivity index is 2.34. The van der Waals surface area contributed by atoms with Crippen molar-refractivity contribution >= 4 is 16.7 Å². The Bertz CT molecular complexity index is 705. The number of carbonyl (C=O) groups excluding carboxylic acids is 1. The molecule has 4 heteroatoms. The van der Waals surface area contributed by atoms with E-state index in [0.29, 0.717) is 23.7 Å². The highest BCUT2D eigenvalue weighted by Crippen LogP contribution is 2.46. The minimum Gasteiger partial charge on any atom is -0.497 e. The molecule has 1 fully saturated rings. The monoisotopic (exact) mass is 285 g/mol. The van der Waals surface area contributed by atoms with Crippen molar-refractivity contribution in [1.82, 2.24) is 4.98 Å². The molecule has 1 aliphatic rings. The number of methoxy groups -OCH3 is 2. The standard InChI is InChI=1S/C17H19NO3/c1-4-14(19)15-12-9-11(20-2)7-8-13(12)18-16(10-5-6-10)17(15)21-3/h7-10H,4-6H2,1-3H3. The topological polar surface area (TPSA) is 48.4 Å². The first-order chi connectivity index (χ1) is 10.2. The van der Waals surface area contributed by atoms with E-state index in [1.165, 1.54) is 0 Å². The molecule has 4 nitrogen and oxygen atoms in total. The first-order valence-corrected chi connectivity index (χ1v) is 7.28. The van der Waals surface area contributed by atoms with Gasteiger partial charge in [-0.3, -0.25) is 4.79 Å². The van der Waals surface area contributed by atoms with Crippen LogP contribution in [0.4, 0.5) is 0 Å². The van der Waals surface area contributed by atoms with Gasteiger partial charge < -0.3 is 9.47 Å². The Labute approximate surface area is 124 Å². The number of fused-ring (bicyclic) bond motifs is 1. The summed E-state index contributed by atoms with van der Waals surface area (Å²) >= 11 is 0. The van der Waals surface area contributed by atoms with Crippen LogP contribution < -0.4 is 9.47 Å². The van der Waals surface area contributed by atoms with E-state index >= 15 is 0 Å². The number of rotatable bonds is 5. The Morgan fingerprint density at radius 3 is 2.62 bits per heavy atom. The molecule has 0 aliphatic heterocycles. The molecule has 0 bridgehead atoms. The maximum atomic E-state index is 12.5. The second-order valence-electron chi connectivity index (χ2n) is 5.34. The lowest BCUT2D eigenvalue weighted by Gasteiger charge is -2.15. The third-order valence-corrected chi connectivity index (χ3v) is 3.94. The summed E-state index contributed by atoms with van der Waals surface area (Å²) in [4.78, 5) is 17.2. The number of benzene rings is 1. The van der Waals surface area contributed by atoms with Gasteiger partial charge in [-0.15, -0.1) is 0 Å². The molecule has 0 saturated heterocycles. The highest BCUT2D eigenvalue weighted by molar-refractivity contribution is 6.10. The van der Waals surface area contributed by atoms with Crippen molar-refractivity contribution < 1.29 is 14.3 Å². The van der Waals surface area contributed by atoms with Crippen LogP contribution in [-0.4, -0.2) is 25.0 Å². The summed E-state index contributed by atoms with van der Waals surface area (Å²) in [5.74, 6) is 1.87. The zero-order chi connectivity index (χ0) is 15.0. The van der Waals surface area contributed by atoms with Crippen molar-refractivity contribution in [3.8, 4) is 11.5 Å². The molecule has 1 aliphatic carbocycles. The van der Waals surface area contributed by atoms with E-state index in [4.69, 9.17) is 14.5 Å². The predicted molar refractivity (Wildman–Crippen MR) is 81.4 cm³/mol. The summed E-state index contributed by atoms with van der Waals surface area (Å²) in [6.07, 6.45) is 2.67. The molecule has 0 spiro atoms. The maximum Gasteiger partial charge on any atom is 0.167 e. The molecule has 2 aromatic rings. The number of carbonyl (C=O) groups is 1. The molecule has 0 N–H and O–H groups in total. The number of Topliss-reactive ketones (excluding diaryl/α,β-unsaturated/α-hetero) is 1. The first-order valence-electron chi connectivity index (χ1n) is 7.28. The van der Waals surface area contributed by atoms with Gasteiger partial charge in [-0.1, -0.05) is 6.92 Å². The zero-order valence-electron chi connectivity index (χ0n) is 12.6. The maximum absolute atomic E-state index is 12.5. The van der Waals surface area contributed by atoms with Gasteiger partial charge >= 0.3 is 0 Å². The SMILES string of the molecule is CCC(=O)c1c(OC)c(C2CC2)nc2ccc(OC)cc12. The molecule has 1 saturated carbocycles. The van der Waals surface area contributed by atoms with Crippen LogP contribution in [0.25, 0.3) is 10.9 Å². The van der Waals surface area contributed by atoms with E-state index in [-0.39, 0.29) is 5.78 Å². The Hall–Kier alpha value is -2.10. The first kappa shape index (κ1) is 13.9.